The van der Waals surface area contributed by atoms with Gasteiger partial charge in [0.05, 0.1) is 5.69 Å². The Morgan fingerprint density at radius 1 is 1.41 bits per heavy atom. The van der Waals surface area contributed by atoms with Crippen LogP contribution < -0.4 is 5.73 Å². The monoisotopic (exact) mass is 316 g/mol. The van der Waals surface area contributed by atoms with Gasteiger partial charge in [0.25, 0.3) is 0 Å². The molecule has 0 amide bonds. The summed E-state index contributed by atoms with van der Waals surface area (Å²) < 4.78 is 13.3. The highest BCUT2D eigenvalue weighted by atomic mass is 32.2. The fourth-order valence-corrected chi connectivity index (χ4v) is 2.75. The van der Waals surface area contributed by atoms with Gasteiger partial charge in [-0.1, -0.05) is 37.7 Å². The van der Waals surface area contributed by atoms with Crippen LogP contribution in [0.3, 0.4) is 0 Å². The van der Waals surface area contributed by atoms with E-state index in [1.165, 1.54) is 23.9 Å². The molecule has 0 radical (unpaired) electrons. The third-order valence-electron chi connectivity index (χ3n) is 3.25. The molecule has 0 spiro atoms. The lowest BCUT2D eigenvalue weighted by Gasteiger charge is -2.11. The number of benzene rings is 1. The zero-order valence-corrected chi connectivity index (χ0v) is 13.3. The SMILES string of the molecule is CC[C@@H](C)Sc1nc(N)c(C#N)c(Cc2cccc(F)c2)n1. The summed E-state index contributed by atoms with van der Waals surface area (Å²) >= 11 is 1.52. The molecular formula is C16H17FN4S. The van der Waals surface area contributed by atoms with E-state index in [1.54, 1.807) is 12.1 Å². The number of thioether (sulfide) groups is 1. The van der Waals surface area contributed by atoms with Gasteiger partial charge in [-0.3, -0.25) is 0 Å². The Labute approximate surface area is 133 Å². The molecule has 0 bridgehead atoms. The zero-order chi connectivity index (χ0) is 16.1. The summed E-state index contributed by atoms with van der Waals surface area (Å²) in [6, 6.07) is 8.28. The Balaban J connectivity index is 2.37. The molecule has 2 aromatic rings. The first-order valence-electron chi connectivity index (χ1n) is 7.01. The van der Waals surface area contributed by atoms with Gasteiger partial charge in [0, 0.05) is 11.7 Å². The van der Waals surface area contributed by atoms with Crippen LogP contribution >= 0.6 is 11.8 Å². The maximum Gasteiger partial charge on any atom is 0.190 e. The van der Waals surface area contributed by atoms with Gasteiger partial charge in [-0.05, 0) is 24.1 Å². The van der Waals surface area contributed by atoms with E-state index >= 15 is 0 Å². The van der Waals surface area contributed by atoms with Gasteiger partial charge in [-0.15, -0.1) is 0 Å². The van der Waals surface area contributed by atoms with Crippen LogP contribution in [0, 0.1) is 17.1 Å². The molecule has 2 N–H and O–H groups in total. The molecule has 0 fully saturated rings. The second kappa shape index (κ2) is 7.23. The van der Waals surface area contributed by atoms with Gasteiger partial charge in [0.2, 0.25) is 0 Å². The first-order valence-corrected chi connectivity index (χ1v) is 7.89. The van der Waals surface area contributed by atoms with Gasteiger partial charge < -0.3 is 5.73 Å². The van der Waals surface area contributed by atoms with Crippen molar-refractivity contribution in [3.05, 3.63) is 46.9 Å². The number of nitrogen functional groups attached to an aromatic ring is 1. The minimum Gasteiger partial charge on any atom is -0.382 e. The summed E-state index contributed by atoms with van der Waals surface area (Å²) in [7, 11) is 0. The maximum atomic E-state index is 13.3. The van der Waals surface area contributed by atoms with Crippen LogP contribution in [0.4, 0.5) is 10.2 Å². The fraction of sp³-hybridized carbons (Fsp3) is 0.312. The van der Waals surface area contributed by atoms with Crippen LogP contribution in [0.15, 0.2) is 29.4 Å². The van der Waals surface area contributed by atoms with Crippen molar-refractivity contribution in [3.63, 3.8) is 0 Å². The lowest BCUT2D eigenvalue weighted by molar-refractivity contribution is 0.626. The molecular weight excluding hydrogens is 299 g/mol. The van der Waals surface area contributed by atoms with Crippen LogP contribution in [0.1, 0.15) is 37.1 Å². The number of anilines is 1. The smallest absolute Gasteiger partial charge is 0.190 e. The molecule has 0 unspecified atom stereocenters. The molecule has 2 rings (SSSR count). The first-order chi connectivity index (χ1) is 10.5. The van der Waals surface area contributed by atoms with Crippen LogP contribution in [-0.2, 0) is 6.42 Å². The number of rotatable bonds is 5. The number of halogens is 1. The zero-order valence-electron chi connectivity index (χ0n) is 12.5. The Morgan fingerprint density at radius 2 is 2.18 bits per heavy atom. The van der Waals surface area contributed by atoms with Crippen molar-refractivity contribution in [2.45, 2.75) is 37.1 Å². The standard InChI is InChI=1S/C16H17FN4S/c1-3-10(2)22-16-20-14(13(9-18)15(19)21-16)8-11-5-4-6-12(17)7-11/h4-7,10H,3,8H2,1-2H3,(H2,19,20,21)/t10-/m1/s1. The summed E-state index contributed by atoms with van der Waals surface area (Å²) in [5, 5.41) is 10.2. The largest absolute Gasteiger partial charge is 0.382 e. The van der Waals surface area contributed by atoms with Gasteiger partial charge >= 0.3 is 0 Å². The minimum atomic E-state index is -0.313. The molecule has 1 aromatic carbocycles. The van der Waals surface area contributed by atoms with Crippen LogP contribution in [-0.4, -0.2) is 15.2 Å². The number of nitrogens with zero attached hydrogens (tertiary/aromatic N) is 3. The van der Waals surface area contributed by atoms with Gasteiger partial charge in [0.15, 0.2) is 5.16 Å². The molecule has 22 heavy (non-hydrogen) atoms. The number of aromatic nitrogens is 2. The second-order valence-electron chi connectivity index (χ2n) is 4.97. The normalized spacial score (nSPS) is 11.9. The Hall–Kier alpha value is -2.13. The lowest BCUT2D eigenvalue weighted by Crippen LogP contribution is -2.07. The van der Waals surface area contributed by atoms with Crippen molar-refractivity contribution in [1.29, 1.82) is 5.26 Å². The summed E-state index contributed by atoms with van der Waals surface area (Å²) in [6.07, 6.45) is 1.33. The summed E-state index contributed by atoms with van der Waals surface area (Å²) in [6.45, 7) is 4.16. The van der Waals surface area contributed by atoms with Crippen LogP contribution in [0.25, 0.3) is 0 Å². The molecule has 114 valence electrons. The molecule has 0 saturated heterocycles. The third kappa shape index (κ3) is 3.95. The Kier molecular flexibility index (Phi) is 5.34. The molecule has 6 heteroatoms. The van der Waals surface area contributed by atoms with Crippen molar-refractivity contribution in [2.75, 3.05) is 5.73 Å². The Bertz CT molecular complexity index is 712. The number of nitrogens with two attached hydrogens (primary N) is 1. The van der Waals surface area contributed by atoms with Crippen molar-refractivity contribution in [2.24, 2.45) is 0 Å². The van der Waals surface area contributed by atoms with Gasteiger partial charge in [-0.25, -0.2) is 14.4 Å². The lowest BCUT2D eigenvalue weighted by atomic mass is 10.1. The molecule has 0 saturated carbocycles. The topological polar surface area (TPSA) is 75.6 Å². The predicted molar refractivity (Wildman–Crippen MR) is 86.0 cm³/mol. The van der Waals surface area contributed by atoms with Crippen molar-refractivity contribution in [1.82, 2.24) is 9.97 Å². The number of nitriles is 1. The van der Waals surface area contributed by atoms with Gasteiger partial charge in [-0.2, -0.15) is 5.26 Å². The van der Waals surface area contributed by atoms with E-state index in [4.69, 9.17) is 5.73 Å². The first kappa shape index (κ1) is 16.2. The molecule has 1 heterocycles. The molecule has 0 aliphatic rings. The fourth-order valence-electron chi connectivity index (χ4n) is 1.91. The molecule has 4 nitrogen and oxygen atoms in total. The van der Waals surface area contributed by atoms with Crippen LogP contribution in [0.2, 0.25) is 0 Å². The molecule has 0 aliphatic heterocycles. The van der Waals surface area contributed by atoms with E-state index < -0.39 is 0 Å². The highest BCUT2D eigenvalue weighted by Gasteiger charge is 2.15. The average Bonchev–Trinajstić information content (AvgIpc) is 2.47. The summed E-state index contributed by atoms with van der Waals surface area (Å²) in [5.41, 5.74) is 7.41. The third-order valence-corrected chi connectivity index (χ3v) is 4.37. The summed E-state index contributed by atoms with van der Waals surface area (Å²) in [5.74, 6) is -0.137. The quantitative estimate of drug-likeness (QED) is 0.674. The van der Waals surface area contributed by atoms with Crippen molar-refractivity contribution < 1.29 is 4.39 Å². The molecule has 0 aliphatic carbocycles. The van der Waals surface area contributed by atoms with E-state index in [2.05, 4.69) is 23.8 Å². The van der Waals surface area contributed by atoms with E-state index in [0.29, 0.717) is 22.5 Å². The van der Waals surface area contributed by atoms with Crippen molar-refractivity contribution >= 4 is 17.6 Å². The van der Waals surface area contributed by atoms with Gasteiger partial charge in [0.1, 0.15) is 23.3 Å². The van der Waals surface area contributed by atoms with Crippen molar-refractivity contribution in [3.8, 4) is 6.07 Å². The molecule has 1 atom stereocenters. The van der Waals surface area contributed by atoms with E-state index in [0.717, 1.165) is 12.0 Å². The number of hydrogen-bond donors (Lipinski definition) is 1. The van der Waals surface area contributed by atoms with Crippen LogP contribution in [0.5, 0.6) is 0 Å². The predicted octanol–water partition coefficient (Wildman–Crippen LogP) is 3.55. The highest BCUT2D eigenvalue weighted by Crippen LogP contribution is 2.25. The average molecular weight is 316 g/mol. The van der Waals surface area contributed by atoms with E-state index in [-0.39, 0.29) is 17.2 Å². The minimum absolute atomic E-state index is 0.176. The van der Waals surface area contributed by atoms with E-state index in [1.807, 2.05) is 6.07 Å². The maximum absolute atomic E-state index is 13.3. The Morgan fingerprint density at radius 3 is 2.82 bits per heavy atom. The highest BCUT2D eigenvalue weighted by molar-refractivity contribution is 7.99. The summed E-state index contributed by atoms with van der Waals surface area (Å²) in [4.78, 5) is 8.63. The molecule has 1 aromatic heterocycles. The van der Waals surface area contributed by atoms with E-state index in [9.17, 15) is 9.65 Å². The second-order valence-corrected chi connectivity index (χ2v) is 6.37. The number of hydrogen-bond acceptors (Lipinski definition) is 5.